The number of aldehydes is 1. The highest BCUT2D eigenvalue weighted by Crippen LogP contribution is 2.20. The molecule has 0 rings (SSSR count). The van der Waals surface area contributed by atoms with Gasteiger partial charge in [-0.25, -0.2) is 0 Å². The van der Waals surface area contributed by atoms with Gasteiger partial charge in [-0.15, -0.1) is 0 Å². The van der Waals surface area contributed by atoms with Crippen LogP contribution < -0.4 is 0 Å². The first-order chi connectivity index (χ1) is 12.1. The summed E-state index contributed by atoms with van der Waals surface area (Å²) in [7, 11) is 0. The molecule has 0 aromatic rings. The molecule has 0 saturated carbocycles. The molecule has 0 heterocycles. The van der Waals surface area contributed by atoms with Crippen molar-refractivity contribution in [2.45, 2.75) is 91.8 Å². The molecule has 2 atom stereocenters. The van der Waals surface area contributed by atoms with Crippen molar-refractivity contribution in [3.8, 4) is 0 Å². The molecule has 0 radical (unpaired) electrons. The molecule has 0 fully saturated rings. The zero-order valence-electron chi connectivity index (χ0n) is 17.5. The molecule has 3 nitrogen and oxygen atoms in total. The van der Waals surface area contributed by atoms with Gasteiger partial charge in [-0.1, -0.05) is 46.6 Å². The third-order valence-corrected chi connectivity index (χ3v) is 4.43. The monoisotopic (exact) mass is 362 g/mol. The van der Waals surface area contributed by atoms with Crippen molar-refractivity contribution in [1.29, 1.82) is 0 Å². The third-order valence-electron chi connectivity index (χ3n) is 4.43. The molecular weight excluding hydrogens is 324 g/mol. The summed E-state index contributed by atoms with van der Waals surface area (Å²) in [5.41, 5.74) is 3.12. The van der Waals surface area contributed by atoms with Crippen molar-refractivity contribution in [3.05, 3.63) is 46.6 Å². The van der Waals surface area contributed by atoms with Gasteiger partial charge in [0.2, 0.25) is 0 Å². The van der Waals surface area contributed by atoms with Crippen molar-refractivity contribution in [2.75, 3.05) is 0 Å². The van der Waals surface area contributed by atoms with E-state index in [-0.39, 0.29) is 12.8 Å². The summed E-state index contributed by atoms with van der Waals surface area (Å²) in [6, 6.07) is 0. The lowest BCUT2D eigenvalue weighted by atomic mass is 9.90. The molecule has 0 amide bonds. The second-order valence-electron chi connectivity index (χ2n) is 7.81. The zero-order chi connectivity index (χ0) is 20.2. The molecule has 0 saturated heterocycles. The predicted octanol–water partition coefficient (Wildman–Crippen LogP) is 5.44. The fourth-order valence-electron chi connectivity index (χ4n) is 2.50. The van der Waals surface area contributed by atoms with Crippen LogP contribution in [0, 0.1) is 0 Å². The van der Waals surface area contributed by atoms with Gasteiger partial charge < -0.3 is 15.0 Å². The van der Waals surface area contributed by atoms with Crippen LogP contribution in [0.15, 0.2) is 46.6 Å². The first-order valence-electron chi connectivity index (χ1n) is 9.55. The standard InChI is InChI=1S/C23H38O3/c1-18(2)9-7-11-20(5)13-14-22(25)23(26,17-24)16-15-21(6)12-8-10-19(3)4/h9-10,13,15,17,22,25-26H,7-8,11-12,14,16H2,1-6H3/b20-13+,21-15+. The Morgan fingerprint density at radius 2 is 1.31 bits per heavy atom. The summed E-state index contributed by atoms with van der Waals surface area (Å²) in [5, 5.41) is 20.8. The molecule has 148 valence electrons. The maximum Gasteiger partial charge on any atom is 0.154 e. The summed E-state index contributed by atoms with van der Waals surface area (Å²) in [6.07, 6.45) is 11.6. The molecule has 0 aromatic heterocycles. The molecule has 2 N–H and O–H groups in total. The average Bonchev–Trinajstić information content (AvgIpc) is 2.56. The van der Waals surface area contributed by atoms with Gasteiger partial charge in [-0.3, -0.25) is 0 Å². The van der Waals surface area contributed by atoms with E-state index in [9.17, 15) is 15.0 Å². The Morgan fingerprint density at radius 1 is 0.846 bits per heavy atom. The SMILES string of the molecule is CC(C)=CCC/C(C)=C/CC(O)C(O)(C=O)C/C=C(\C)CCC=C(C)C. The first-order valence-corrected chi connectivity index (χ1v) is 9.55. The van der Waals surface area contributed by atoms with E-state index in [1.54, 1.807) is 0 Å². The Kier molecular flexibility index (Phi) is 12.1. The van der Waals surface area contributed by atoms with E-state index < -0.39 is 11.7 Å². The Morgan fingerprint density at radius 3 is 1.73 bits per heavy atom. The van der Waals surface area contributed by atoms with Crippen molar-refractivity contribution >= 4 is 6.29 Å². The number of aliphatic hydroxyl groups excluding tert-OH is 1. The van der Waals surface area contributed by atoms with E-state index in [1.165, 1.54) is 11.1 Å². The molecule has 0 aliphatic rings. The van der Waals surface area contributed by atoms with Crippen molar-refractivity contribution in [2.24, 2.45) is 0 Å². The lowest BCUT2D eigenvalue weighted by Gasteiger charge is -2.26. The second kappa shape index (κ2) is 12.8. The Bertz CT molecular complexity index is 544. The normalized spacial score (nSPS) is 15.8. The van der Waals surface area contributed by atoms with Crippen LogP contribution in [0.1, 0.15) is 80.1 Å². The van der Waals surface area contributed by atoms with E-state index in [1.807, 2.05) is 26.0 Å². The van der Waals surface area contributed by atoms with Gasteiger partial charge in [0, 0.05) is 6.42 Å². The van der Waals surface area contributed by atoms with Gasteiger partial charge in [0.05, 0.1) is 6.10 Å². The van der Waals surface area contributed by atoms with E-state index in [0.717, 1.165) is 36.8 Å². The van der Waals surface area contributed by atoms with Crippen LogP contribution in [-0.2, 0) is 4.79 Å². The van der Waals surface area contributed by atoms with Gasteiger partial charge in [0.1, 0.15) is 5.60 Å². The third kappa shape index (κ3) is 11.2. The number of hydrogen-bond donors (Lipinski definition) is 2. The van der Waals surface area contributed by atoms with E-state index in [0.29, 0.717) is 6.29 Å². The van der Waals surface area contributed by atoms with Crippen molar-refractivity contribution < 1.29 is 15.0 Å². The zero-order valence-corrected chi connectivity index (χ0v) is 17.5. The molecule has 0 aliphatic heterocycles. The summed E-state index contributed by atoms with van der Waals surface area (Å²) < 4.78 is 0. The minimum absolute atomic E-state index is 0.142. The van der Waals surface area contributed by atoms with E-state index >= 15 is 0 Å². The maximum absolute atomic E-state index is 11.4. The van der Waals surface area contributed by atoms with Crippen LogP contribution in [0.3, 0.4) is 0 Å². The van der Waals surface area contributed by atoms with Gasteiger partial charge in [-0.2, -0.15) is 0 Å². The number of hydrogen-bond acceptors (Lipinski definition) is 3. The van der Waals surface area contributed by atoms with Crippen LogP contribution in [-0.4, -0.2) is 28.2 Å². The topological polar surface area (TPSA) is 57.5 Å². The molecular formula is C23H38O3. The van der Waals surface area contributed by atoms with E-state index in [4.69, 9.17) is 0 Å². The fourth-order valence-corrected chi connectivity index (χ4v) is 2.50. The molecule has 0 spiro atoms. The average molecular weight is 363 g/mol. The first kappa shape index (κ1) is 24.6. The number of allylic oxidation sites excluding steroid dienone is 6. The smallest absolute Gasteiger partial charge is 0.154 e. The second-order valence-corrected chi connectivity index (χ2v) is 7.81. The van der Waals surface area contributed by atoms with Crippen molar-refractivity contribution in [1.82, 2.24) is 0 Å². The number of carbonyl (C=O) groups is 1. The van der Waals surface area contributed by atoms with Crippen LogP contribution in [0.25, 0.3) is 0 Å². The fraction of sp³-hybridized carbons (Fsp3) is 0.609. The highest BCUT2D eigenvalue weighted by Gasteiger charge is 2.33. The van der Waals surface area contributed by atoms with Gasteiger partial charge in [-0.05, 0) is 73.6 Å². The number of rotatable bonds is 12. The highest BCUT2D eigenvalue weighted by atomic mass is 16.3. The predicted molar refractivity (Wildman–Crippen MR) is 111 cm³/mol. The minimum atomic E-state index is -1.73. The molecule has 26 heavy (non-hydrogen) atoms. The van der Waals surface area contributed by atoms with Crippen molar-refractivity contribution in [3.63, 3.8) is 0 Å². The Hall–Kier alpha value is -1.45. The summed E-state index contributed by atoms with van der Waals surface area (Å²) in [4.78, 5) is 11.4. The lowest BCUT2D eigenvalue weighted by molar-refractivity contribution is -0.136. The van der Waals surface area contributed by atoms with Gasteiger partial charge >= 0.3 is 0 Å². The largest absolute Gasteiger partial charge is 0.389 e. The number of carbonyl (C=O) groups excluding carboxylic acids is 1. The van der Waals surface area contributed by atoms with Crippen LogP contribution in [0.2, 0.25) is 0 Å². The van der Waals surface area contributed by atoms with Crippen LogP contribution in [0.5, 0.6) is 0 Å². The molecule has 0 aromatic carbocycles. The summed E-state index contributed by atoms with van der Waals surface area (Å²) >= 11 is 0. The highest BCUT2D eigenvalue weighted by molar-refractivity contribution is 5.63. The summed E-state index contributed by atoms with van der Waals surface area (Å²) in [5.74, 6) is 0. The molecule has 0 bridgehead atoms. The lowest BCUT2D eigenvalue weighted by Crippen LogP contribution is -2.43. The van der Waals surface area contributed by atoms with Crippen LogP contribution in [0.4, 0.5) is 0 Å². The summed E-state index contributed by atoms with van der Waals surface area (Å²) in [6.45, 7) is 12.3. The van der Waals surface area contributed by atoms with E-state index in [2.05, 4.69) is 39.8 Å². The molecule has 3 heteroatoms. The van der Waals surface area contributed by atoms with Crippen LogP contribution >= 0.6 is 0 Å². The number of aliphatic hydroxyl groups is 2. The molecule has 2 unspecified atom stereocenters. The van der Waals surface area contributed by atoms with Gasteiger partial charge in [0.25, 0.3) is 0 Å². The van der Waals surface area contributed by atoms with Gasteiger partial charge in [0.15, 0.2) is 6.29 Å². The molecule has 0 aliphatic carbocycles. The Balaban J connectivity index is 4.68. The Labute approximate surface area is 160 Å². The minimum Gasteiger partial charge on any atom is -0.389 e. The maximum atomic E-state index is 11.4. The quantitative estimate of drug-likeness (QED) is 0.359.